The van der Waals surface area contributed by atoms with Gasteiger partial charge in [0.25, 0.3) is 5.91 Å². The predicted octanol–water partition coefficient (Wildman–Crippen LogP) is 4.88. The molecule has 2 rings (SSSR count). The third-order valence-corrected chi connectivity index (χ3v) is 6.18. The summed E-state index contributed by atoms with van der Waals surface area (Å²) in [6.45, 7) is 6.48. The van der Waals surface area contributed by atoms with Gasteiger partial charge in [-0.25, -0.2) is 4.79 Å². The second-order valence-electron chi connectivity index (χ2n) is 6.34. The Morgan fingerprint density at radius 3 is 2.68 bits per heavy atom. The lowest BCUT2D eigenvalue weighted by molar-refractivity contribution is -0.148. The summed E-state index contributed by atoms with van der Waals surface area (Å²) in [5.74, 6) is 0.129. The highest BCUT2D eigenvalue weighted by molar-refractivity contribution is 8.00. The molecular weight excluding hydrogens is 381 g/mol. The third-order valence-electron chi connectivity index (χ3n) is 4.02. The Kier molecular flexibility index (Phi) is 7.47. The minimum Gasteiger partial charge on any atom is -0.464 e. The van der Waals surface area contributed by atoms with Gasteiger partial charge in [-0.3, -0.25) is 4.79 Å². The standard InChI is InChI=1S/C18H23Cl2NO3S/c1-4-5-8-24-18(23)15-10-25-17(11(2)3)21(15)16(22)13-7-6-12(19)9-14(13)20/h6-7,9,11,15,17H,4-5,8,10H2,1-3H3. The molecule has 4 nitrogen and oxygen atoms in total. The van der Waals surface area contributed by atoms with Crippen molar-refractivity contribution >= 4 is 46.8 Å². The van der Waals surface area contributed by atoms with E-state index in [1.54, 1.807) is 34.9 Å². The first-order valence-electron chi connectivity index (χ1n) is 8.42. The molecule has 1 aromatic carbocycles. The van der Waals surface area contributed by atoms with Gasteiger partial charge in [0.05, 0.1) is 22.6 Å². The van der Waals surface area contributed by atoms with E-state index in [4.69, 9.17) is 27.9 Å². The molecule has 7 heteroatoms. The van der Waals surface area contributed by atoms with E-state index in [9.17, 15) is 9.59 Å². The van der Waals surface area contributed by atoms with E-state index in [-0.39, 0.29) is 28.2 Å². The Bertz CT molecular complexity index is 639. The number of hydrogen-bond donors (Lipinski definition) is 0. The van der Waals surface area contributed by atoms with E-state index in [1.165, 1.54) is 0 Å². The fourth-order valence-corrected chi connectivity index (χ4v) is 4.65. The van der Waals surface area contributed by atoms with Crippen molar-refractivity contribution in [1.29, 1.82) is 0 Å². The maximum atomic E-state index is 13.1. The molecule has 0 aromatic heterocycles. The number of amides is 1. The SMILES string of the molecule is CCCCOC(=O)C1CSC(C(C)C)N1C(=O)c1ccc(Cl)cc1Cl. The van der Waals surface area contributed by atoms with Crippen LogP contribution in [0, 0.1) is 5.92 Å². The Hall–Kier alpha value is -0.910. The van der Waals surface area contributed by atoms with Crippen LogP contribution in [0.15, 0.2) is 18.2 Å². The lowest BCUT2D eigenvalue weighted by Gasteiger charge is -2.30. The molecule has 1 saturated heterocycles. The highest BCUT2D eigenvalue weighted by Gasteiger charge is 2.44. The molecule has 0 saturated carbocycles. The summed E-state index contributed by atoms with van der Waals surface area (Å²) in [6.07, 6.45) is 1.76. The van der Waals surface area contributed by atoms with Gasteiger partial charge in [-0.2, -0.15) is 0 Å². The minimum atomic E-state index is -0.589. The van der Waals surface area contributed by atoms with Gasteiger partial charge in [0.2, 0.25) is 0 Å². The van der Waals surface area contributed by atoms with Crippen LogP contribution in [0.1, 0.15) is 44.0 Å². The van der Waals surface area contributed by atoms with Gasteiger partial charge in [0.1, 0.15) is 6.04 Å². The van der Waals surface area contributed by atoms with Gasteiger partial charge >= 0.3 is 5.97 Å². The van der Waals surface area contributed by atoms with Crippen molar-refractivity contribution < 1.29 is 14.3 Å². The Morgan fingerprint density at radius 2 is 2.08 bits per heavy atom. The quantitative estimate of drug-likeness (QED) is 0.501. The normalized spacial score (nSPS) is 20.2. The zero-order chi connectivity index (χ0) is 18.6. The monoisotopic (exact) mass is 403 g/mol. The fourth-order valence-electron chi connectivity index (χ4n) is 2.70. The van der Waals surface area contributed by atoms with Crippen molar-refractivity contribution in [2.45, 2.75) is 45.0 Å². The number of ether oxygens (including phenoxy) is 1. The van der Waals surface area contributed by atoms with Crippen LogP contribution in [0.25, 0.3) is 0 Å². The zero-order valence-corrected chi connectivity index (χ0v) is 17.0. The Labute approximate surface area is 163 Å². The van der Waals surface area contributed by atoms with E-state index in [1.807, 2.05) is 20.8 Å². The highest BCUT2D eigenvalue weighted by atomic mass is 35.5. The number of rotatable bonds is 6. The number of halogens is 2. The topological polar surface area (TPSA) is 46.6 Å². The lowest BCUT2D eigenvalue weighted by Crippen LogP contribution is -2.47. The molecule has 0 spiro atoms. The van der Waals surface area contributed by atoms with Crippen molar-refractivity contribution in [3.63, 3.8) is 0 Å². The molecule has 1 amide bonds. The van der Waals surface area contributed by atoms with E-state index >= 15 is 0 Å². The molecule has 1 heterocycles. The summed E-state index contributed by atoms with van der Waals surface area (Å²) in [5, 5.41) is 0.659. The molecule has 0 radical (unpaired) electrons. The van der Waals surface area contributed by atoms with Crippen LogP contribution in [0.3, 0.4) is 0 Å². The maximum absolute atomic E-state index is 13.1. The first-order valence-corrected chi connectivity index (χ1v) is 10.2. The number of esters is 1. The fraction of sp³-hybridized carbons (Fsp3) is 0.556. The van der Waals surface area contributed by atoms with Crippen molar-refractivity contribution in [2.24, 2.45) is 5.92 Å². The molecule has 1 aliphatic heterocycles. The van der Waals surface area contributed by atoms with E-state index in [0.29, 0.717) is 22.9 Å². The molecule has 2 unspecified atom stereocenters. The highest BCUT2D eigenvalue weighted by Crippen LogP contribution is 2.36. The molecule has 0 N–H and O–H groups in total. The average Bonchev–Trinajstić information content (AvgIpc) is 2.99. The lowest BCUT2D eigenvalue weighted by atomic mass is 10.1. The largest absolute Gasteiger partial charge is 0.464 e. The number of benzene rings is 1. The number of unbranched alkanes of at least 4 members (excludes halogenated alkanes) is 1. The van der Waals surface area contributed by atoms with Crippen LogP contribution >= 0.6 is 35.0 Å². The van der Waals surface area contributed by atoms with Crippen LogP contribution in [-0.4, -0.2) is 40.6 Å². The average molecular weight is 404 g/mol. The summed E-state index contributed by atoms with van der Waals surface area (Å²) in [6, 6.07) is 4.18. The van der Waals surface area contributed by atoms with E-state index in [0.717, 1.165) is 12.8 Å². The molecule has 0 bridgehead atoms. The molecule has 1 fully saturated rings. The predicted molar refractivity (Wildman–Crippen MR) is 103 cm³/mol. The van der Waals surface area contributed by atoms with E-state index in [2.05, 4.69) is 0 Å². The molecule has 25 heavy (non-hydrogen) atoms. The molecular formula is C18H23Cl2NO3S. The molecule has 1 aliphatic rings. The maximum Gasteiger partial charge on any atom is 0.329 e. The number of carbonyl (C=O) groups is 2. The number of nitrogens with zero attached hydrogens (tertiary/aromatic N) is 1. The van der Waals surface area contributed by atoms with Gasteiger partial charge in [0.15, 0.2) is 0 Å². The van der Waals surface area contributed by atoms with Crippen LogP contribution < -0.4 is 0 Å². The van der Waals surface area contributed by atoms with Crippen LogP contribution in [-0.2, 0) is 9.53 Å². The summed E-state index contributed by atoms with van der Waals surface area (Å²) in [7, 11) is 0. The zero-order valence-electron chi connectivity index (χ0n) is 14.6. The van der Waals surface area contributed by atoms with Gasteiger partial charge in [-0.05, 0) is 30.5 Å². The minimum absolute atomic E-state index is 0.0945. The van der Waals surface area contributed by atoms with Gasteiger partial charge in [-0.1, -0.05) is 50.4 Å². The Balaban J connectivity index is 2.26. The van der Waals surface area contributed by atoms with Crippen LogP contribution in [0.5, 0.6) is 0 Å². The third kappa shape index (κ3) is 4.83. The van der Waals surface area contributed by atoms with Crippen molar-refractivity contribution in [2.75, 3.05) is 12.4 Å². The summed E-state index contributed by atoms with van der Waals surface area (Å²) in [4.78, 5) is 27.2. The van der Waals surface area contributed by atoms with Gasteiger partial charge in [-0.15, -0.1) is 11.8 Å². The number of thioether (sulfide) groups is 1. The van der Waals surface area contributed by atoms with Crippen LogP contribution in [0.2, 0.25) is 10.0 Å². The van der Waals surface area contributed by atoms with Gasteiger partial charge in [0, 0.05) is 10.8 Å². The second kappa shape index (κ2) is 9.15. The van der Waals surface area contributed by atoms with Crippen LogP contribution in [0.4, 0.5) is 0 Å². The summed E-state index contributed by atoms with van der Waals surface area (Å²) < 4.78 is 5.36. The summed E-state index contributed by atoms with van der Waals surface area (Å²) >= 11 is 13.7. The Morgan fingerprint density at radius 1 is 1.36 bits per heavy atom. The second-order valence-corrected chi connectivity index (χ2v) is 8.33. The van der Waals surface area contributed by atoms with Crippen molar-refractivity contribution in [3.8, 4) is 0 Å². The first-order chi connectivity index (χ1) is 11.9. The molecule has 2 atom stereocenters. The van der Waals surface area contributed by atoms with E-state index < -0.39 is 6.04 Å². The molecule has 1 aromatic rings. The molecule has 138 valence electrons. The van der Waals surface area contributed by atoms with Crippen molar-refractivity contribution in [3.05, 3.63) is 33.8 Å². The smallest absolute Gasteiger partial charge is 0.329 e. The van der Waals surface area contributed by atoms with Gasteiger partial charge < -0.3 is 9.64 Å². The number of hydrogen-bond acceptors (Lipinski definition) is 4. The molecule has 0 aliphatic carbocycles. The van der Waals surface area contributed by atoms with Crippen molar-refractivity contribution in [1.82, 2.24) is 4.90 Å². The first kappa shape index (κ1) is 20.4. The summed E-state index contributed by atoms with van der Waals surface area (Å²) in [5.41, 5.74) is 0.352. The number of carbonyl (C=O) groups excluding carboxylic acids is 2.